The van der Waals surface area contributed by atoms with E-state index in [9.17, 15) is 4.79 Å². The molecule has 3 heteroatoms. The lowest BCUT2D eigenvalue weighted by Gasteiger charge is -2.30. The van der Waals surface area contributed by atoms with Gasteiger partial charge in [-0.05, 0) is 19.3 Å². The van der Waals surface area contributed by atoms with Crippen LogP contribution in [0.15, 0.2) is 0 Å². The van der Waals surface area contributed by atoms with E-state index in [-0.39, 0.29) is 0 Å². The van der Waals surface area contributed by atoms with Gasteiger partial charge in [-0.15, -0.1) is 0 Å². The summed E-state index contributed by atoms with van der Waals surface area (Å²) < 4.78 is 0. The molecule has 2 aliphatic rings. The average Bonchev–Trinajstić information content (AvgIpc) is 2.30. The highest BCUT2D eigenvalue weighted by Gasteiger charge is 2.38. The number of rotatable bonds is 0. The molecule has 0 aromatic heterocycles. The van der Waals surface area contributed by atoms with Crippen molar-refractivity contribution in [3.63, 3.8) is 0 Å². The second-order valence-corrected chi connectivity index (χ2v) is 4.09. The monoisotopic (exact) mass is 171 g/mol. The molecule has 2 saturated heterocycles. The highest BCUT2D eigenvalue weighted by atomic mass is 32.1. The number of hydrogen-bond donors (Lipinski definition) is 1. The number of amides is 1. The zero-order valence-corrected chi connectivity index (χ0v) is 7.39. The predicted molar refractivity (Wildman–Crippen MR) is 46.7 cm³/mol. The molecule has 0 saturated carbocycles. The van der Waals surface area contributed by atoms with Gasteiger partial charge in [0.2, 0.25) is 5.91 Å². The largest absolute Gasteiger partial charge is 0.339 e. The molecular formula is C8H13NOS. The van der Waals surface area contributed by atoms with Crippen molar-refractivity contribution in [2.24, 2.45) is 0 Å². The van der Waals surface area contributed by atoms with Crippen LogP contribution in [0.3, 0.4) is 0 Å². The molecule has 0 aliphatic carbocycles. The summed E-state index contributed by atoms with van der Waals surface area (Å²) in [7, 11) is 0. The van der Waals surface area contributed by atoms with Crippen LogP contribution < -0.4 is 0 Å². The topological polar surface area (TPSA) is 20.3 Å². The van der Waals surface area contributed by atoms with E-state index in [1.54, 1.807) is 0 Å². The molecule has 0 spiro atoms. The molecule has 11 heavy (non-hydrogen) atoms. The van der Waals surface area contributed by atoms with Gasteiger partial charge in [0, 0.05) is 24.3 Å². The van der Waals surface area contributed by atoms with E-state index in [4.69, 9.17) is 0 Å². The van der Waals surface area contributed by atoms with Crippen LogP contribution in [0.4, 0.5) is 0 Å². The smallest absolute Gasteiger partial charge is 0.224 e. The van der Waals surface area contributed by atoms with Gasteiger partial charge < -0.3 is 4.90 Å². The lowest BCUT2D eigenvalue weighted by atomic mass is 10.0. The lowest BCUT2D eigenvalue weighted by molar-refractivity contribution is -0.129. The van der Waals surface area contributed by atoms with Crippen LogP contribution >= 0.6 is 12.6 Å². The Morgan fingerprint density at radius 1 is 1.45 bits per heavy atom. The fourth-order valence-corrected chi connectivity index (χ4v) is 2.57. The average molecular weight is 171 g/mol. The van der Waals surface area contributed by atoms with Crippen LogP contribution in [0, 0.1) is 0 Å². The zero-order valence-electron chi connectivity index (χ0n) is 6.49. The van der Waals surface area contributed by atoms with Gasteiger partial charge in [-0.25, -0.2) is 0 Å². The molecule has 1 amide bonds. The number of carbonyl (C=O) groups is 1. The lowest BCUT2D eigenvalue weighted by Crippen LogP contribution is -2.39. The van der Waals surface area contributed by atoms with Gasteiger partial charge in [0.25, 0.3) is 0 Å². The summed E-state index contributed by atoms with van der Waals surface area (Å²) in [5, 5.41) is 0.308. The molecule has 0 N–H and O–H groups in total. The SMILES string of the molecule is O=C1CC(S)C2CCCCN12. The normalized spacial score (nSPS) is 37.5. The first-order chi connectivity index (χ1) is 5.29. The van der Waals surface area contributed by atoms with E-state index in [2.05, 4.69) is 12.6 Å². The van der Waals surface area contributed by atoms with E-state index >= 15 is 0 Å². The quantitative estimate of drug-likeness (QED) is 0.541. The molecule has 0 aromatic rings. The molecule has 2 heterocycles. The van der Waals surface area contributed by atoms with Crippen molar-refractivity contribution < 1.29 is 4.79 Å². The third-order valence-corrected chi connectivity index (χ3v) is 3.22. The van der Waals surface area contributed by atoms with Crippen LogP contribution in [-0.2, 0) is 4.79 Å². The van der Waals surface area contributed by atoms with Gasteiger partial charge in [0.15, 0.2) is 0 Å². The van der Waals surface area contributed by atoms with Crippen molar-refractivity contribution in [1.82, 2.24) is 4.90 Å². The molecule has 2 nitrogen and oxygen atoms in total. The summed E-state index contributed by atoms with van der Waals surface area (Å²) in [4.78, 5) is 13.3. The van der Waals surface area contributed by atoms with Crippen molar-refractivity contribution >= 4 is 18.5 Å². The van der Waals surface area contributed by atoms with Gasteiger partial charge in [0.05, 0.1) is 0 Å². The molecular weight excluding hydrogens is 158 g/mol. The van der Waals surface area contributed by atoms with Crippen molar-refractivity contribution in [1.29, 1.82) is 0 Å². The Kier molecular flexibility index (Phi) is 1.83. The molecule has 2 rings (SSSR count). The minimum atomic E-state index is 0.308. The highest BCUT2D eigenvalue weighted by molar-refractivity contribution is 7.81. The standard InChI is InChI=1S/C8H13NOS/c10-8-5-7(11)6-3-1-2-4-9(6)8/h6-7,11H,1-5H2. The minimum Gasteiger partial charge on any atom is -0.339 e. The Balaban J connectivity index is 2.13. The Hall–Kier alpha value is -0.180. The predicted octanol–water partition coefficient (Wildman–Crippen LogP) is 1.07. The van der Waals surface area contributed by atoms with Crippen molar-refractivity contribution in [3.05, 3.63) is 0 Å². The first-order valence-electron chi connectivity index (χ1n) is 4.26. The Morgan fingerprint density at radius 3 is 3.00 bits per heavy atom. The van der Waals surface area contributed by atoms with Crippen LogP contribution in [0.2, 0.25) is 0 Å². The zero-order chi connectivity index (χ0) is 7.84. The third-order valence-electron chi connectivity index (χ3n) is 2.70. The van der Waals surface area contributed by atoms with E-state index in [0.717, 1.165) is 6.54 Å². The number of piperidine rings is 1. The van der Waals surface area contributed by atoms with Crippen LogP contribution in [0.1, 0.15) is 25.7 Å². The van der Waals surface area contributed by atoms with Gasteiger partial charge >= 0.3 is 0 Å². The van der Waals surface area contributed by atoms with Gasteiger partial charge in [-0.3, -0.25) is 4.79 Å². The maximum Gasteiger partial charge on any atom is 0.224 e. The van der Waals surface area contributed by atoms with Crippen LogP contribution in [0.25, 0.3) is 0 Å². The van der Waals surface area contributed by atoms with Crippen molar-refractivity contribution in [2.75, 3.05) is 6.54 Å². The Morgan fingerprint density at radius 2 is 2.27 bits per heavy atom. The molecule has 0 radical (unpaired) electrons. The van der Waals surface area contributed by atoms with Crippen LogP contribution in [-0.4, -0.2) is 28.6 Å². The number of hydrogen-bond acceptors (Lipinski definition) is 2. The Labute approximate surface area is 72.4 Å². The summed E-state index contributed by atoms with van der Waals surface area (Å²) in [5.74, 6) is 0.315. The second kappa shape index (κ2) is 2.70. The molecule has 2 atom stereocenters. The first-order valence-corrected chi connectivity index (χ1v) is 4.78. The minimum absolute atomic E-state index is 0.308. The second-order valence-electron chi connectivity index (χ2n) is 3.42. The van der Waals surface area contributed by atoms with Gasteiger partial charge in [0.1, 0.15) is 0 Å². The molecule has 2 unspecified atom stereocenters. The van der Waals surface area contributed by atoms with E-state index < -0.39 is 0 Å². The first kappa shape index (κ1) is 7.47. The fraction of sp³-hybridized carbons (Fsp3) is 0.875. The maximum absolute atomic E-state index is 11.3. The van der Waals surface area contributed by atoms with Gasteiger partial charge in [-0.2, -0.15) is 12.6 Å². The van der Waals surface area contributed by atoms with Gasteiger partial charge in [-0.1, -0.05) is 0 Å². The Bertz CT molecular complexity index is 183. The van der Waals surface area contributed by atoms with E-state index in [0.29, 0.717) is 23.6 Å². The number of thiol groups is 1. The van der Waals surface area contributed by atoms with Crippen molar-refractivity contribution in [2.45, 2.75) is 37.0 Å². The maximum atomic E-state index is 11.3. The van der Waals surface area contributed by atoms with Crippen molar-refractivity contribution in [3.8, 4) is 0 Å². The summed E-state index contributed by atoms with van der Waals surface area (Å²) in [5.41, 5.74) is 0. The van der Waals surface area contributed by atoms with Crippen LogP contribution in [0.5, 0.6) is 0 Å². The highest BCUT2D eigenvalue weighted by Crippen LogP contribution is 2.30. The number of carbonyl (C=O) groups excluding carboxylic acids is 1. The fourth-order valence-electron chi connectivity index (χ4n) is 2.10. The summed E-state index contributed by atoms with van der Waals surface area (Å²) >= 11 is 4.41. The van der Waals surface area contributed by atoms with E-state index in [1.807, 2.05) is 4.90 Å². The number of nitrogens with zero attached hydrogens (tertiary/aromatic N) is 1. The summed E-state index contributed by atoms with van der Waals surface area (Å²) in [6.45, 7) is 0.973. The third kappa shape index (κ3) is 1.15. The molecule has 0 aromatic carbocycles. The molecule has 62 valence electrons. The molecule has 2 aliphatic heterocycles. The summed E-state index contributed by atoms with van der Waals surface area (Å²) in [6, 6.07) is 0.458. The summed E-state index contributed by atoms with van der Waals surface area (Å²) in [6.07, 6.45) is 4.28. The molecule has 2 fully saturated rings. The number of fused-ring (bicyclic) bond motifs is 1. The molecule has 0 bridgehead atoms. The van der Waals surface area contributed by atoms with E-state index in [1.165, 1.54) is 19.3 Å².